The molecule has 7 heteroatoms. The third-order valence-corrected chi connectivity index (χ3v) is 4.95. The van der Waals surface area contributed by atoms with Gasteiger partial charge >= 0.3 is 5.97 Å². The Hall–Kier alpha value is -4.13. The zero-order chi connectivity index (χ0) is 20.0. The summed E-state index contributed by atoms with van der Waals surface area (Å²) < 4.78 is 5.20. The quantitative estimate of drug-likeness (QED) is 0.415. The van der Waals surface area contributed by atoms with Crippen molar-refractivity contribution in [1.82, 2.24) is 15.0 Å². The number of hydrogen-bond acceptors (Lipinski definition) is 5. The third kappa shape index (κ3) is 2.80. The summed E-state index contributed by atoms with van der Waals surface area (Å²) in [4.78, 5) is 23.8. The molecule has 0 bridgehead atoms. The fourth-order valence-corrected chi connectivity index (χ4v) is 3.55. The van der Waals surface area contributed by atoms with Gasteiger partial charge < -0.3 is 20.1 Å². The molecule has 0 spiro atoms. The number of rotatable bonds is 4. The van der Waals surface area contributed by atoms with Crippen molar-refractivity contribution in [3.8, 4) is 5.75 Å². The maximum absolute atomic E-state index is 11.5. The predicted octanol–water partition coefficient (Wildman–Crippen LogP) is 4.71. The van der Waals surface area contributed by atoms with Crippen LogP contribution in [0.2, 0.25) is 0 Å². The second-order valence-electron chi connectivity index (χ2n) is 6.65. The van der Waals surface area contributed by atoms with Crippen LogP contribution < -0.4 is 10.1 Å². The molecule has 3 aromatic heterocycles. The number of carboxylic acid groups (broad SMARTS) is 1. The van der Waals surface area contributed by atoms with Gasteiger partial charge in [-0.3, -0.25) is 4.98 Å². The van der Waals surface area contributed by atoms with Crippen molar-refractivity contribution in [1.29, 1.82) is 0 Å². The highest BCUT2D eigenvalue weighted by molar-refractivity contribution is 6.21. The van der Waals surface area contributed by atoms with Crippen LogP contribution in [0.25, 0.3) is 32.7 Å². The maximum Gasteiger partial charge on any atom is 0.335 e. The minimum atomic E-state index is -0.983. The number of methoxy groups -OCH3 is 1. The lowest BCUT2D eigenvalue weighted by Crippen LogP contribution is -1.99. The van der Waals surface area contributed by atoms with Crippen LogP contribution in [0, 0.1) is 0 Å². The number of pyridine rings is 2. The van der Waals surface area contributed by atoms with E-state index in [1.165, 1.54) is 0 Å². The molecule has 0 fully saturated rings. The number of benzene rings is 2. The van der Waals surface area contributed by atoms with E-state index in [1.807, 2.05) is 36.4 Å². The zero-order valence-electron chi connectivity index (χ0n) is 15.4. The molecule has 0 atom stereocenters. The average Bonchev–Trinajstić information content (AvgIpc) is 3.12. The lowest BCUT2D eigenvalue weighted by Gasteiger charge is -2.11. The van der Waals surface area contributed by atoms with Gasteiger partial charge in [0.1, 0.15) is 17.2 Å². The molecule has 5 rings (SSSR count). The smallest absolute Gasteiger partial charge is 0.335 e. The molecule has 5 aromatic rings. The molecule has 29 heavy (non-hydrogen) atoms. The molecule has 0 unspecified atom stereocenters. The topological polar surface area (TPSA) is 100 Å². The number of ether oxygens (including phenoxy) is 1. The second-order valence-corrected chi connectivity index (χ2v) is 6.65. The fourth-order valence-electron chi connectivity index (χ4n) is 3.55. The van der Waals surface area contributed by atoms with Gasteiger partial charge in [0.05, 0.1) is 18.2 Å². The van der Waals surface area contributed by atoms with Crippen LogP contribution in [0.5, 0.6) is 5.75 Å². The largest absolute Gasteiger partial charge is 0.497 e. The Morgan fingerprint density at radius 1 is 1.07 bits per heavy atom. The van der Waals surface area contributed by atoms with Crippen LogP contribution in [0.4, 0.5) is 11.5 Å². The highest BCUT2D eigenvalue weighted by atomic mass is 16.5. The summed E-state index contributed by atoms with van der Waals surface area (Å²) >= 11 is 0. The summed E-state index contributed by atoms with van der Waals surface area (Å²) in [5.74, 6) is 0.336. The molecule has 0 aliphatic rings. The van der Waals surface area contributed by atoms with E-state index in [-0.39, 0.29) is 5.56 Å². The van der Waals surface area contributed by atoms with Gasteiger partial charge in [-0.25, -0.2) is 9.78 Å². The van der Waals surface area contributed by atoms with Gasteiger partial charge in [-0.1, -0.05) is 6.07 Å². The van der Waals surface area contributed by atoms with Gasteiger partial charge in [-0.2, -0.15) is 0 Å². The van der Waals surface area contributed by atoms with Crippen LogP contribution in [-0.4, -0.2) is 33.1 Å². The Labute approximate surface area is 165 Å². The molecule has 0 amide bonds. The van der Waals surface area contributed by atoms with Crippen molar-refractivity contribution >= 4 is 50.2 Å². The van der Waals surface area contributed by atoms with Gasteiger partial charge in [0.25, 0.3) is 0 Å². The van der Waals surface area contributed by atoms with E-state index in [4.69, 9.17) is 9.72 Å². The fraction of sp³-hybridized carbons (Fsp3) is 0.0455. The van der Waals surface area contributed by atoms with E-state index in [9.17, 15) is 9.90 Å². The Morgan fingerprint density at radius 2 is 1.90 bits per heavy atom. The van der Waals surface area contributed by atoms with E-state index < -0.39 is 5.97 Å². The zero-order valence-corrected chi connectivity index (χ0v) is 15.4. The minimum absolute atomic E-state index is 0.203. The van der Waals surface area contributed by atoms with Crippen molar-refractivity contribution in [3.05, 3.63) is 66.5 Å². The van der Waals surface area contributed by atoms with Crippen molar-refractivity contribution in [2.75, 3.05) is 12.4 Å². The number of aromatic carboxylic acids is 1. The summed E-state index contributed by atoms with van der Waals surface area (Å²) in [7, 11) is 1.61. The molecule has 0 aliphatic carbocycles. The number of hydrogen-bond donors (Lipinski definition) is 3. The van der Waals surface area contributed by atoms with Crippen molar-refractivity contribution in [2.45, 2.75) is 0 Å². The molecular formula is C22H16N4O3. The summed E-state index contributed by atoms with van der Waals surface area (Å²) in [5.41, 5.74) is 2.65. The second kappa shape index (κ2) is 6.49. The Bertz CT molecular complexity index is 1390. The molecule has 0 saturated heterocycles. The third-order valence-electron chi connectivity index (χ3n) is 4.95. The van der Waals surface area contributed by atoms with E-state index in [0.29, 0.717) is 11.5 Å². The molecule has 0 saturated carbocycles. The van der Waals surface area contributed by atoms with Gasteiger partial charge in [0.2, 0.25) is 0 Å². The first-order valence-electron chi connectivity index (χ1n) is 8.97. The van der Waals surface area contributed by atoms with Crippen LogP contribution in [0.15, 0.2) is 60.9 Å². The lowest BCUT2D eigenvalue weighted by atomic mass is 10.0. The van der Waals surface area contributed by atoms with Gasteiger partial charge in [0.15, 0.2) is 0 Å². The average molecular weight is 384 g/mol. The van der Waals surface area contributed by atoms with Gasteiger partial charge in [-0.15, -0.1) is 0 Å². The Kier molecular flexibility index (Phi) is 3.80. The number of anilines is 2. The molecule has 0 aliphatic heterocycles. The van der Waals surface area contributed by atoms with E-state index in [0.717, 1.165) is 38.5 Å². The molecule has 7 nitrogen and oxygen atoms in total. The molecule has 3 heterocycles. The van der Waals surface area contributed by atoms with E-state index >= 15 is 0 Å². The Morgan fingerprint density at radius 3 is 2.66 bits per heavy atom. The number of fused-ring (bicyclic) bond motifs is 5. The summed E-state index contributed by atoms with van der Waals surface area (Å²) in [6.45, 7) is 0. The first kappa shape index (κ1) is 17.0. The number of nitrogens with zero attached hydrogens (tertiary/aromatic N) is 2. The number of carbonyl (C=O) groups is 1. The number of aromatic nitrogens is 3. The maximum atomic E-state index is 11.5. The van der Waals surface area contributed by atoms with Crippen LogP contribution in [0.1, 0.15) is 10.4 Å². The summed E-state index contributed by atoms with van der Waals surface area (Å²) in [5, 5.41) is 16.2. The SMILES string of the molecule is COc1ccc(Nc2nc3[nH]c4ccncc4c3c3ccc(C(=O)O)cc23)cc1. The highest BCUT2D eigenvalue weighted by Crippen LogP contribution is 2.35. The monoisotopic (exact) mass is 384 g/mol. The number of nitrogens with one attached hydrogen (secondary N) is 2. The molecular weight excluding hydrogens is 368 g/mol. The van der Waals surface area contributed by atoms with Crippen molar-refractivity contribution < 1.29 is 14.6 Å². The molecule has 0 radical (unpaired) electrons. The van der Waals surface area contributed by atoms with Gasteiger partial charge in [0, 0.05) is 34.2 Å². The number of carboxylic acids is 1. The number of aromatic amines is 1. The van der Waals surface area contributed by atoms with Crippen LogP contribution in [-0.2, 0) is 0 Å². The predicted molar refractivity (Wildman–Crippen MR) is 112 cm³/mol. The Balaban J connectivity index is 1.78. The number of H-pyrrole nitrogens is 1. The lowest BCUT2D eigenvalue weighted by molar-refractivity contribution is 0.0697. The van der Waals surface area contributed by atoms with Crippen molar-refractivity contribution in [3.63, 3.8) is 0 Å². The van der Waals surface area contributed by atoms with Crippen LogP contribution in [0.3, 0.4) is 0 Å². The first-order valence-corrected chi connectivity index (χ1v) is 8.97. The first-order chi connectivity index (χ1) is 14.1. The minimum Gasteiger partial charge on any atom is -0.497 e. The summed E-state index contributed by atoms with van der Waals surface area (Å²) in [6, 6.07) is 14.4. The standard InChI is InChI=1S/C22H16N4O3/c1-29-14-5-3-13(4-6-14)24-20-16-10-12(22(27)28)2-7-15(16)19-17-11-23-9-8-18(17)25-21(19)26-20/h2-11H,1H3,(H,27,28)(H2,24,25,26). The highest BCUT2D eigenvalue weighted by Gasteiger charge is 2.16. The van der Waals surface area contributed by atoms with Crippen molar-refractivity contribution in [2.24, 2.45) is 0 Å². The molecule has 3 N–H and O–H groups in total. The van der Waals surface area contributed by atoms with Gasteiger partial charge in [-0.05, 0) is 47.9 Å². The van der Waals surface area contributed by atoms with E-state index in [2.05, 4.69) is 15.3 Å². The normalized spacial score (nSPS) is 11.2. The summed E-state index contributed by atoms with van der Waals surface area (Å²) in [6.07, 6.45) is 3.51. The van der Waals surface area contributed by atoms with E-state index in [1.54, 1.807) is 31.6 Å². The molecule has 2 aromatic carbocycles. The van der Waals surface area contributed by atoms with Crippen LogP contribution >= 0.6 is 0 Å². The molecule has 142 valence electrons.